The average Bonchev–Trinajstić information content (AvgIpc) is 3.10. The first-order valence-electron chi connectivity index (χ1n) is 9.93. The third kappa shape index (κ3) is 4.78. The molecule has 4 rings (SSSR count). The summed E-state index contributed by atoms with van der Waals surface area (Å²) in [6.07, 6.45) is 0.801. The minimum Gasteiger partial charge on any atom is -0.493 e. The van der Waals surface area contributed by atoms with Gasteiger partial charge in [0.2, 0.25) is 5.91 Å². The fourth-order valence-corrected chi connectivity index (χ4v) is 3.28. The van der Waals surface area contributed by atoms with Crippen molar-refractivity contribution >= 4 is 22.7 Å². The van der Waals surface area contributed by atoms with Crippen LogP contribution in [0.15, 0.2) is 82.0 Å². The number of rotatable bonds is 8. The topological polar surface area (TPSA) is 82.7 Å². The SMILES string of the molecule is COc1ccccc1Oc1ccc(NC(=O)CCCn2c(=O)oc3ccccc32)cc1. The number of ether oxygens (including phenoxy) is 2. The minimum atomic E-state index is -0.410. The predicted molar refractivity (Wildman–Crippen MR) is 118 cm³/mol. The van der Waals surface area contributed by atoms with Crippen LogP contribution in [0.25, 0.3) is 11.1 Å². The van der Waals surface area contributed by atoms with Crippen molar-refractivity contribution in [2.24, 2.45) is 0 Å². The van der Waals surface area contributed by atoms with E-state index in [1.165, 1.54) is 0 Å². The van der Waals surface area contributed by atoms with Gasteiger partial charge in [-0.05, 0) is 55.0 Å². The first-order chi connectivity index (χ1) is 15.1. The number of aryl methyl sites for hydroxylation is 1. The number of para-hydroxylation sites is 4. The molecular weight excluding hydrogens is 396 g/mol. The second-order valence-electron chi connectivity index (χ2n) is 6.92. The Morgan fingerprint density at radius 3 is 2.45 bits per heavy atom. The van der Waals surface area contributed by atoms with Gasteiger partial charge in [-0.3, -0.25) is 9.36 Å². The molecule has 0 aliphatic heterocycles. The Balaban J connectivity index is 1.30. The summed E-state index contributed by atoms with van der Waals surface area (Å²) in [7, 11) is 1.59. The number of carbonyl (C=O) groups excluding carboxylic acids is 1. The summed E-state index contributed by atoms with van der Waals surface area (Å²) in [4.78, 5) is 24.3. The van der Waals surface area contributed by atoms with Crippen molar-refractivity contribution in [3.63, 3.8) is 0 Å². The van der Waals surface area contributed by atoms with Gasteiger partial charge in [0, 0.05) is 18.7 Å². The van der Waals surface area contributed by atoms with Crippen molar-refractivity contribution in [2.75, 3.05) is 12.4 Å². The third-order valence-electron chi connectivity index (χ3n) is 4.79. The van der Waals surface area contributed by atoms with Crippen LogP contribution >= 0.6 is 0 Å². The highest BCUT2D eigenvalue weighted by Gasteiger charge is 2.10. The number of hydrogen-bond donors (Lipinski definition) is 1. The molecule has 4 aromatic rings. The molecule has 158 valence electrons. The van der Waals surface area contributed by atoms with E-state index in [1.54, 1.807) is 42.0 Å². The van der Waals surface area contributed by atoms with Crippen molar-refractivity contribution in [3.8, 4) is 17.2 Å². The lowest BCUT2D eigenvalue weighted by molar-refractivity contribution is -0.116. The highest BCUT2D eigenvalue weighted by molar-refractivity contribution is 5.90. The van der Waals surface area contributed by atoms with Crippen LogP contribution in [0.3, 0.4) is 0 Å². The summed E-state index contributed by atoms with van der Waals surface area (Å²) < 4.78 is 17.9. The van der Waals surface area contributed by atoms with Crippen LogP contribution in [0, 0.1) is 0 Å². The number of nitrogens with one attached hydrogen (secondary N) is 1. The normalized spacial score (nSPS) is 10.7. The van der Waals surface area contributed by atoms with Gasteiger partial charge < -0.3 is 19.2 Å². The predicted octanol–water partition coefficient (Wildman–Crippen LogP) is 4.81. The summed E-state index contributed by atoms with van der Waals surface area (Å²) in [5.41, 5.74) is 1.95. The van der Waals surface area contributed by atoms with Crippen LogP contribution in [0.4, 0.5) is 5.69 Å². The summed E-state index contributed by atoms with van der Waals surface area (Å²) in [5.74, 6) is 1.35. The van der Waals surface area contributed by atoms with E-state index < -0.39 is 5.76 Å². The van der Waals surface area contributed by atoms with Gasteiger partial charge in [0.15, 0.2) is 17.1 Å². The minimum absolute atomic E-state index is 0.126. The Kier molecular flexibility index (Phi) is 6.03. The molecule has 1 amide bonds. The van der Waals surface area contributed by atoms with Gasteiger partial charge in [0.05, 0.1) is 12.6 Å². The molecule has 0 spiro atoms. The Morgan fingerprint density at radius 1 is 0.968 bits per heavy atom. The van der Waals surface area contributed by atoms with Gasteiger partial charge >= 0.3 is 5.76 Å². The van der Waals surface area contributed by atoms with Crippen LogP contribution in [0.5, 0.6) is 17.2 Å². The van der Waals surface area contributed by atoms with E-state index in [-0.39, 0.29) is 12.3 Å². The van der Waals surface area contributed by atoms with Crippen LogP contribution in [-0.4, -0.2) is 17.6 Å². The number of amides is 1. The average molecular weight is 418 g/mol. The number of methoxy groups -OCH3 is 1. The summed E-state index contributed by atoms with van der Waals surface area (Å²) in [6.45, 7) is 0.412. The fraction of sp³-hybridized carbons (Fsp3) is 0.167. The Hall–Kier alpha value is -4.00. The van der Waals surface area contributed by atoms with Crippen molar-refractivity contribution in [1.29, 1.82) is 0 Å². The molecule has 1 N–H and O–H groups in total. The quantitative estimate of drug-likeness (QED) is 0.444. The number of nitrogens with zero attached hydrogens (tertiary/aromatic N) is 1. The number of aromatic nitrogens is 1. The summed E-state index contributed by atoms with van der Waals surface area (Å²) >= 11 is 0. The van der Waals surface area contributed by atoms with Crippen LogP contribution in [-0.2, 0) is 11.3 Å². The number of hydrogen-bond acceptors (Lipinski definition) is 5. The number of anilines is 1. The standard InChI is InChI=1S/C24H22N2O5/c1-29-21-9-4-5-10-22(21)30-18-14-12-17(13-15-18)25-23(27)11-6-16-26-19-7-2-3-8-20(19)31-24(26)28/h2-5,7-10,12-15H,6,11,16H2,1H3,(H,25,27). The van der Waals surface area contributed by atoms with Crippen LogP contribution < -0.4 is 20.5 Å². The third-order valence-corrected chi connectivity index (χ3v) is 4.79. The highest BCUT2D eigenvalue weighted by atomic mass is 16.5. The van der Waals surface area contributed by atoms with Crippen LogP contribution in [0.1, 0.15) is 12.8 Å². The van der Waals surface area contributed by atoms with Gasteiger partial charge in [-0.25, -0.2) is 4.79 Å². The van der Waals surface area contributed by atoms with E-state index in [9.17, 15) is 9.59 Å². The molecule has 1 heterocycles. The van der Waals surface area contributed by atoms with E-state index in [0.29, 0.717) is 41.5 Å². The maximum atomic E-state index is 12.3. The van der Waals surface area contributed by atoms with E-state index in [1.807, 2.05) is 42.5 Å². The first-order valence-corrected chi connectivity index (χ1v) is 9.93. The lowest BCUT2D eigenvalue weighted by Crippen LogP contribution is -2.17. The van der Waals surface area contributed by atoms with Crippen molar-refractivity contribution < 1.29 is 18.7 Å². The van der Waals surface area contributed by atoms with Gasteiger partial charge in [-0.15, -0.1) is 0 Å². The van der Waals surface area contributed by atoms with Gasteiger partial charge in [-0.1, -0.05) is 24.3 Å². The van der Waals surface area contributed by atoms with Gasteiger partial charge in [0.1, 0.15) is 5.75 Å². The number of fused-ring (bicyclic) bond motifs is 1. The summed E-state index contributed by atoms with van der Waals surface area (Å²) in [5, 5.41) is 2.86. The van der Waals surface area contributed by atoms with Crippen molar-refractivity contribution in [2.45, 2.75) is 19.4 Å². The lowest BCUT2D eigenvalue weighted by Gasteiger charge is -2.11. The highest BCUT2D eigenvalue weighted by Crippen LogP contribution is 2.31. The second-order valence-corrected chi connectivity index (χ2v) is 6.92. The number of carbonyl (C=O) groups is 1. The maximum Gasteiger partial charge on any atom is 0.419 e. The number of oxazole rings is 1. The van der Waals surface area contributed by atoms with E-state index in [2.05, 4.69) is 5.32 Å². The molecule has 0 aliphatic carbocycles. The van der Waals surface area contributed by atoms with Crippen molar-refractivity contribution in [3.05, 3.63) is 83.3 Å². The zero-order chi connectivity index (χ0) is 21.6. The second kappa shape index (κ2) is 9.21. The van der Waals surface area contributed by atoms with Gasteiger partial charge in [-0.2, -0.15) is 0 Å². The molecule has 0 saturated carbocycles. The molecule has 0 fully saturated rings. The Bertz CT molecular complexity index is 1240. The van der Waals surface area contributed by atoms with E-state index >= 15 is 0 Å². The zero-order valence-corrected chi connectivity index (χ0v) is 17.0. The molecule has 31 heavy (non-hydrogen) atoms. The molecule has 7 nitrogen and oxygen atoms in total. The van der Waals surface area contributed by atoms with E-state index in [4.69, 9.17) is 13.9 Å². The van der Waals surface area contributed by atoms with E-state index in [0.717, 1.165) is 5.52 Å². The molecule has 3 aromatic carbocycles. The van der Waals surface area contributed by atoms with Gasteiger partial charge in [0.25, 0.3) is 0 Å². The fourth-order valence-electron chi connectivity index (χ4n) is 3.28. The lowest BCUT2D eigenvalue weighted by atomic mass is 10.2. The zero-order valence-electron chi connectivity index (χ0n) is 17.0. The molecule has 0 saturated heterocycles. The first kappa shape index (κ1) is 20.3. The molecular formula is C24H22N2O5. The molecule has 0 bridgehead atoms. The molecule has 7 heteroatoms. The van der Waals surface area contributed by atoms with Crippen LogP contribution in [0.2, 0.25) is 0 Å². The summed E-state index contributed by atoms with van der Waals surface area (Å²) in [6, 6.07) is 21.7. The smallest absolute Gasteiger partial charge is 0.419 e. The molecule has 0 aliphatic rings. The Morgan fingerprint density at radius 2 is 1.68 bits per heavy atom. The molecule has 0 atom stereocenters. The molecule has 0 radical (unpaired) electrons. The maximum absolute atomic E-state index is 12.3. The van der Waals surface area contributed by atoms with Crippen molar-refractivity contribution in [1.82, 2.24) is 4.57 Å². The molecule has 1 aromatic heterocycles. The largest absolute Gasteiger partial charge is 0.493 e. The number of benzene rings is 3. The monoisotopic (exact) mass is 418 g/mol. The molecule has 0 unspecified atom stereocenters. The Labute approximate surface area is 178 Å².